The molecule has 1 aliphatic heterocycles. The van der Waals surface area contributed by atoms with Crippen molar-refractivity contribution in [1.29, 1.82) is 0 Å². The van der Waals surface area contributed by atoms with Crippen LogP contribution in [0.5, 0.6) is 0 Å². The highest BCUT2D eigenvalue weighted by molar-refractivity contribution is 6.01. The third-order valence-corrected chi connectivity index (χ3v) is 3.58. The number of aliphatic hydroxyl groups excluding tert-OH is 1. The monoisotopic (exact) mass is 288 g/mol. The molecule has 1 aromatic carbocycles. The fourth-order valence-electron chi connectivity index (χ4n) is 2.51. The van der Waals surface area contributed by atoms with E-state index >= 15 is 0 Å². The highest BCUT2D eigenvalue weighted by Crippen LogP contribution is 2.17. The van der Waals surface area contributed by atoms with E-state index in [-0.39, 0.29) is 12.2 Å². The van der Waals surface area contributed by atoms with Crippen LogP contribution in [0.3, 0.4) is 0 Å². The average Bonchev–Trinajstić information content (AvgIpc) is 2.94. The van der Waals surface area contributed by atoms with E-state index in [0.29, 0.717) is 6.54 Å². The second-order valence-electron chi connectivity index (χ2n) is 5.58. The van der Waals surface area contributed by atoms with Gasteiger partial charge >= 0.3 is 0 Å². The van der Waals surface area contributed by atoms with E-state index in [0.717, 1.165) is 37.1 Å². The molecule has 4 heteroatoms. The predicted molar refractivity (Wildman–Crippen MR) is 85.4 cm³/mol. The Bertz CT molecular complexity index is 473. The summed E-state index contributed by atoms with van der Waals surface area (Å²) in [5.41, 5.74) is 2.12. The van der Waals surface area contributed by atoms with Gasteiger partial charge in [0.1, 0.15) is 6.10 Å². The molecule has 1 aromatic rings. The first kappa shape index (κ1) is 15.7. The maximum absolute atomic E-state index is 9.90. The molecule has 0 radical (unpaired) electrons. The number of aliphatic hydroxyl groups is 1. The lowest BCUT2D eigenvalue weighted by Crippen LogP contribution is -2.35. The van der Waals surface area contributed by atoms with Crippen molar-refractivity contribution in [3.63, 3.8) is 0 Å². The van der Waals surface area contributed by atoms with E-state index in [1.165, 1.54) is 0 Å². The molecule has 0 saturated carbocycles. The highest BCUT2D eigenvalue weighted by Gasteiger charge is 2.23. The number of hydrogen-bond acceptors (Lipinski definition) is 4. The fraction of sp³-hybridized carbons (Fsp3) is 0.471. The Morgan fingerprint density at radius 3 is 2.95 bits per heavy atom. The van der Waals surface area contributed by atoms with E-state index in [9.17, 15) is 5.11 Å². The van der Waals surface area contributed by atoms with Gasteiger partial charge in [0.05, 0.1) is 11.8 Å². The van der Waals surface area contributed by atoms with Gasteiger partial charge in [0, 0.05) is 19.5 Å². The summed E-state index contributed by atoms with van der Waals surface area (Å²) in [6, 6.07) is 10.1. The molecular formula is C17H24N2O2. The van der Waals surface area contributed by atoms with Crippen LogP contribution in [-0.4, -0.2) is 48.1 Å². The number of benzene rings is 1. The summed E-state index contributed by atoms with van der Waals surface area (Å²) in [7, 11) is 2.00. The van der Waals surface area contributed by atoms with Crippen LogP contribution >= 0.6 is 0 Å². The Labute approximate surface area is 126 Å². The Kier molecular flexibility index (Phi) is 5.96. The maximum Gasteiger partial charge on any atom is 0.145 e. The van der Waals surface area contributed by atoms with Gasteiger partial charge in [-0.25, -0.2) is 0 Å². The predicted octanol–water partition coefficient (Wildman–Crippen LogP) is 2.44. The molecule has 0 spiro atoms. The van der Waals surface area contributed by atoms with Crippen LogP contribution in [-0.2, 0) is 4.84 Å². The third-order valence-electron chi connectivity index (χ3n) is 3.58. The van der Waals surface area contributed by atoms with Crippen molar-refractivity contribution >= 4 is 5.71 Å². The summed E-state index contributed by atoms with van der Waals surface area (Å²) in [6.07, 6.45) is 4.00. The maximum atomic E-state index is 9.90. The summed E-state index contributed by atoms with van der Waals surface area (Å²) in [6.45, 7) is 5.09. The zero-order valence-corrected chi connectivity index (χ0v) is 12.6. The summed E-state index contributed by atoms with van der Waals surface area (Å²) >= 11 is 0. The third kappa shape index (κ3) is 4.99. The lowest BCUT2D eigenvalue weighted by Gasteiger charge is -2.22. The van der Waals surface area contributed by atoms with Gasteiger partial charge in [0.2, 0.25) is 0 Å². The molecule has 0 bridgehead atoms. The van der Waals surface area contributed by atoms with Crippen molar-refractivity contribution in [2.75, 3.05) is 20.1 Å². The second-order valence-corrected chi connectivity index (χ2v) is 5.58. The van der Waals surface area contributed by atoms with E-state index in [1.54, 1.807) is 0 Å². The van der Waals surface area contributed by atoms with Gasteiger partial charge in [-0.15, -0.1) is 6.58 Å². The van der Waals surface area contributed by atoms with Crippen LogP contribution in [0.2, 0.25) is 0 Å². The molecule has 0 aliphatic carbocycles. The average molecular weight is 288 g/mol. The quantitative estimate of drug-likeness (QED) is 0.747. The Morgan fingerprint density at radius 2 is 2.24 bits per heavy atom. The number of rotatable bonds is 8. The van der Waals surface area contributed by atoms with E-state index in [4.69, 9.17) is 4.84 Å². The van der Waals surface area contributed by atoms with Gasteiger partial charge in [-0.1, -0.05) is 41.6 Å². The van der Waals surface area contributed by atoms with E-state index in [2.05, 4.69) is 16.6 Å². The molecule has 0 saturated heterocycles. The van der Waals surface area contributed by atoms with Crippen molar-refractivity contribution in [3.8, 4) is 0 Å². The fourth-order valence-corrected chi connectivity index (χ4v) is 2.51. The van der Waals surface area contributed by atoms with E-state index in [1.807, 2.05) is 43.5 Å². The van der Waals surface area contributed by atoms with Crippen LogP contribution in [0.4, 0.5) is 0 Å². The zero-order chi connectivity index (χ0) is 15.1. The highest BCUT2D eigenvalue weighted by atomic mass is 16.6. The van der Waals surface area contributed by atoms with Crippen molar-refractivity contribution in [3.05, 3.63) is 48.6 Å². The van der Waals surface area contributed by atoms with Crippen LogP contribution in [0, 0.1) is 0 Å². The Hall–Kier alpha value is -1.65. The molecule has 2 rings (SSSR count). The van der Waals surface area contributed by atoms with Crippen LogP contribution in [0.15, 0.2) is 48.1 Å². The molecule has 0 aromatic heterocycles. The summed E-state index contributed by atoms with van der Waals surface area (Å²) in [4.78, 5) is 7.60. The first-order valence-corrected chi connectivity index (χ1v) is 7.44. The number of nitrogens with zero attached hydrogens (tertiary/aromatic N) is 2. The van der Waals surface area contributed by atoms with Gasteiger partial charge in [-0.3, -0.25) is 0 Å². The Morgan fingerprint density at radius 1 is 1.48 bits per heavy atom. The standard InChI is InChI=1S/C17H24N2O2/c1-3-4-10-15(20)12-19(2)13-16-11-17(18-21-16)14-8-6-5-7-9-14/h3,5-9,15-16,20H,1,4,10-13H2,2H3/t15-,16-/m1/s1. The Balaban J connectivity index is 1.75. The molecule has 1 heterocycles. The van der Waals surface area contributed by atoms with Crippen LogP contribution in [0.25, 0.3) is 0 Å². The normalized spacial score (nSPS) is 19.2. The van der Waals surface area contributed by atoms with Gasteiger partial charge in [0.25, 0.3) is 0 Å². The molecule has 21 heavy (non-hydrogen) atoms. The second kappa shape index (κ2) is 7.96. The topological polar surface area (TPSA) is 45.1 Å². The van der Waals surface area contributed by atoms with Crippen molar-refractivity contribution in [1.82, 2.24) is 4.90 Å². The minimum atomic E-state index is -0.316. The summed E-state index contributed by atoms with van der Waals surface area (Å²) < 4.78 is 0. The lowest BCUT2D eigenvalue weighted by atomic mass is 10.0. The van der Waals surface area contributed by atoms with Gasteiger partial charge < -0.3 is 14.8 Å². The summed E-state index contributed by atoms with van der Waals surface area (Å²) in [5, 5.41) is 14.1. The lowest BCUT2D eigenvalue weighted by molar-refractivity contribution is 0.0430. The zero-order valence-electron chi connectivity index (χ0n) is 12.6. The molecule has 114 valence electrons. The number of oxime groups is 1. The molecule has 0 unspecified atom stereocenters. The van der Waals surface area contributed by atoms with Crippen LogP contribution in [0.1, 0.15) is 24.8 Å². The van der Waals surface area contributed by atoms with Gasteiger partial charge in [-0.05, 0) is 25.5 Å². The molecule has 2 atom stereocenters. The van der Waals surface area contributed by atoms with E-state index < -0.39 is 0 Å². The number of likely N-dealkylation sites (N-methyl/N-ethyl adjacent to an activating group) is 1. The summed E-state index contributed by atoms with van der Waals surface area (Å²) in [5.74, 6) is 0. The van der Waals surface area contributed by atoms with Crippen molar-refractivity contribution in [2.45, 2.75) is 31.5 Å². The largest absolute Gasteiger partial charge is 0.392 e. The number of hydrogen-bond donors (Lipinski definition) is 1. The minimum Gasteiger partial charge on any atom is -0.392 e. The number of allylic oxidation sites excluding steroid dienone is 1. The first-order valence-electron chi connectivity index (χ1n) is 7.44. The molecular weight excluding hydrogens is 264 g/mol. The van der Waals surface area contributed by atoms with Crippen molar-refractivity contribution < 1.29 is 9.94 Å². The van der Waals surface area contributed by atoms with Gasteiger partial charge in [-0.2, -0.15) is 0 Å². The van der Waals surface area contributed by atoms with Gasteiger partial charge in [0.15, 0.2) is 0 Å². The minimum absolute atomic E-state index is 0.0665. The molecule has 0 fully saturated rings. The molecule has 4 nitrogen and oxygen atoms in total. The molecule has 1 aliphatic rings. The molecule has 0 amide bonds. The SMILES string of the molecule is C=CCC[C@@H](O)CN(C)C[C@H]1CC(c2ccccc2)=NO1. The smallest absolute Gasteiger partial charge is 0.145 e. The van der Waals surface area contributed by atoms with Crippen molar-refractivity contribution in [2.24, 2.45) is 5.16 Å². The first-order chi connectivity index (χ1) is 10.2. The van der Waals surface area contributed by atoms with Crippen LogP contribution < -0.4 is 0 Å². The molecule has 1 N–H and O–H groups in total.